The van der Waals surface area contributed by atoms with Crippen molar-refractivity contribution in [2.75, 3.05) is 18.9 Å². The van der Waals surface area contributed by atoms with E-state index in [2.05, 4.69) is 23.2 Å². The molecule has 3 heterocycles. The summed E-state index contributed by atoms with van der Waals surface area (Å²) in [6.07, 6.45) is 7.70. The van der Waals surface area contributed by atoms with Crippen LogP contribution in [0.5, 0.6) is 5.75 Å². The van der Waals surface area contributed by atoms with Crippen molar-refractivity contribution in [3.05, 3.63) is 42.5 Å². The van der Waals surface area contributed by atoms with Crippen LogP contribution in [0, 0.1) is 5.92 Å². The zero-order valence-corrected chi connectivity index (χ0v) is 18.1. The van der Waals surface area contributed by atoms with Crippen LogP contribution in [-0.2, 0) is 4.74 Å². The topological polar surface area (TPSA) is 94.9 Å². The minimum Gasteiger partial charge on any atom is -0.491 e. The highest BCUT2D eigenvalue weighted by molar-refractivity contribution is 5.85. The van der Waals surface area contributed by atoms with E-state index in [0.717, 1.165) is 54.0 Å². The molecule has 1 aliphatic carbocycles. The van der Waals surface area contributed by atoms with Gasteiger partial charge in [0, 0.05) is 30.5 Å². The van der Waals surface area contributed by atoms with E-state index in [1.165, 1.54) is 0 Å². The van der Waals surface area contributed by atoms with Crippen molar-refractivity contribution in [3.63, 3.8) is 0 Å². The molecule has 5 rings (SSSR count). The second kappa shape index (κ2) is 7.80. The lowest BCUT2D eigenvalue weighted by atomic mass is 9.75. The molecule has 1 aliphatic heterocycles. The Balaban J connectivity index is 1.42. The molecular weight excluding hydrogens is 392 g/mol. The van der Waals surface area contributed by atoms with E-state index in [1.54, 1.807) is 6.20 Å². The van der Waals surface area contributed by atoms with Crippen LogP contribution in [-0.4, -0.2) is 44.4 Å². The van der Waals surface area contributed by atoms with Gasteiger partial charge in [-0.15, -0.1) is 0 Å². The summed E-state index contributed by atoms with van der Waals surface area (Å²) in [5, 5.41) is 9.40. The number of anilines is 1. The summed E-state index contributed by atoms with van der Waals surface area (Å²) >= 11 is 0. The SMILES string of the molecule is CC1(C)CCC(COc2cccc(-c3nc(C4CC(CO)C4)n4ccnc(N)c34)c2)O1. The van der Waals surface area contributed by atoms with Crippen LogP contribution in [0.15, 0.2) is 36.7 Å². The van der Waals surface area contributed by atoms with Gasteiger partial charge in [0.05, 0.1) is 11.7 Å². The van der Waals surface area contributed by atoms with Gasteiger partial charge in [-0.25, -0.2) is 9.97 Å². The third-order valence-corrected chi connectivity index (χ3v) is 6.57. The summed E-state index contributed by atoms with van der Waals surface area (Å²) < 4.78 is 14.2. The molecule has 7 nitrogen and oxygen atoms in total. The molecule has 0 bridgehead atoms. The molecule has 2 fully saturated rings. The van der Waals surface area contributed by atoms with E-state index >= 15 is 0 Å². The maximum atomic E-state index is 9.40. The van der Waals surface area contributed by atoms with Gasteiger partial charge in [0.25, 0.3) is 0 Å². The number of aliphatic hydroxyl groups is 1. The minimum absolute atomic E-state index is 0.0668. The molecule has 2 aliphatic rings. The smallest absolute Gasteiger partial charge is 0.150 e. The summed E-state index contributed by atoms with van der Waals surface area (Å²) in [6, 6.07) is 7.97. The highest BCUT2D eigenvalue weighted by Crippen LogP contribution is 2.43. The van der Waals surface area contributed by atoms with Gasteiger partial charge >= 0.3 is 0 Å². The summed E-state index contributed by atoms with van der Waals surface area (Å²) in [6.45, 7) is 5.02. The normalized spacial score (nSPS) is 24.9. The lowest BCUT2D eigenvalue weighted by Crippen LogP contribution is -2.26. The van der Waals surface area contributed by atoms with Gasteiger partial charge in [-0.3, -0.25) is 4.40 Å². The Hall–Kier alpha value is -2.64. The van der Waals surface area contributed by atoms with Crippen molar-refractivity contribution in [3.8, 4) is 17.0 Å². The van der Waals surface area contributed by atoms with Crippen LogP contribution in [0.4, 0.5) is 5.82 Å². The van der Waals surface area contributed by atoms with Crippen LogP contribution < -0.4 is 10.5 Å². The molecule has 1 unspecified atom stereocenters. The van der Waals surface area contributed by atoms with Crippen LogP contribution >= 0.6 is 0 Å². The summed E-state index contributed by atoms with van der Waals surface area (Å²) in [5.41, 5.74) is 8.79. The monoisotopic (exact) mass is 422 g/mol. The molecule has 0 amide bonds. The lowest BCUT2D eigenvalue weighted by molar-refractivity contribution is -0.0326. The average molecular weight is 423 g/mol. The van der Waals surface area contributed by atoms with Gasteiger partial charge in [0.2, 0.25) is 0 Å². The molecule has 31 heavy (non-hydrogen) atoms. The number of nitrogens with two attached hydrogens (primary N) is 1. The second-order valence-corrected chi connectivity index (χ2v) is 9.44. The number of aliphatic hydroxyl groups excluding tert-OH is 1. The largest absolute Gasteiger partial charge is 0.491 e. The first-order valence-electron chi connectivity index (χ1n) is 11.1. The molecule has 1 aromatic carbocycles. The number of nitrogen functional groups attached to an aromatic ring is 1. The maximum Gasteiger partial charge on any atom is 0.150 e. The van der Waals surface area contributed by atoms with Gasteiger partial charge in [-0.2, -0.15) is 0 Å². The first-order valence-corrected chi connectivity index (χ1v) is 11.1. The first kappa shape index (κ1) is 20.3. The zero-order chi connectivity index (χ0) is 21.6. The minimum atomic E-state index is -0.0668. The number of hydrogen-bond acceptors (Lipinski definition) is 6. The fourth-order valence-corrected chi connectivity index (χ4v) is 4.79. The van der Waals surface area contributed by atoms with E-state index < -0.39 is 0 Å². The van der Waals surface area contributed by atoms with Gasteiger partial charge in [0.1, 0.15) is 35.2 Å². The van der Waals surface area contributed by atoms with Crippen molar-refractivity contribution in [2.45, 2.75) is 57.2 Å². The number of fused-ring (bicyclic) bond motifs is 1. The number of nitrogens with zero attached hydrogens (tertiary/aromatic N) is 3. The van der Waals surface area contributed by atoms with E-state index in [1.807, 2.05) is 30.5 Å². The lowest BCUT2D eigenvalue weighted by Gasteiger charge is -2.32. The fourth-order valence-electron chi connectivity index (χ4n) is 4.79. The number of benzene rings is 1. The molecule has 0 radical (unpaired) electrons. The van der Waals surface area contributed by atoms with Crippen molar-refractivity contribution in [1.29, 1.82) is 0 Å². The zero-order valence-electron chi connectivity index (χ0n) is 18.1. The first-order chi connectivity index (χ1) is 14.9. The van der Waals surface area contributed by atoms with Crippen molar-refractivity contribution in [2.24, 2.45) is 5.92 Å². The van der Waals surface area contributed by atoms with Crippen molar-refractivity contribution < 1.29 is 14.6 Å². The molecule has 1 atom stereocenters. The Morgan fingerprint density at radius 3 is 2.90 bits per heavy atom. The van der Waals surface area contributed by atoms with E-state index in [-0.39, 0.29) is 18.3 Å². The Morgan fingerprint density at radius 1 is 1.32 bits per heavy atom. The van der Waals surface area contributed by atoms with E-state index in [0.29, 0.717) is 24.3 Å². The van der Waals surface area contributed by atoms with Gasteiger partial charge in [-0.1, -0.05) is 12.1 Å². The molecule has 3 N–H and O–H groups in total. The molecule has 164 valence electrons. The molecular formula is C24H30N4O3. The second-order valence-electron chi connectivity index (χ2n) is 9.44. The number of hydrogen-bond donors (Lipinski definition) is 2. The summed E-state index contributed by atoms with van der Waals surface area (Å²) in [5.74, 6) is 2.92. The Bertz CT molecular complexity index is 1090. The van der Waals surface area contributed by atoms with Gasteiger partial charge in [-0.05, 0) is 57.6 Å². The quantitative estimate of drug-likeness (QED) is 0.627. The Morgan fingerprint density at radius 2 is 2.16 bits per heavy atom. The Kier molecular flexibility index (Phi) is 5.10. The van der Waals surface area contributed by atoms with Gasteiger partial charge < -0.3 is 20.3 Å². The molecule has 2 aromatic heterocycles. The highest BCUT2D eigenvalue weighted by atomic mass is 16.6. The highest BCUT2D eigenvalue weighted by Gasteiger charge is 2.34. The third kappa shape index (κ3) is 3.88. The van der Waals surface area contributed by atoms with Crippen molar-refractivity contribution >= 4 is 11.3 Å². The standard InChI is InChI=1S/C24H30N4O3/c1-24(2)7-6-19(31-24)14-30-18-5-3-4-16(12-18)20-21-22(25)26-8-9-28(21)23(27-20)17-10-15(11-17)13-29/h3-5,8-9,12,15,17,19,29H,6-7,10-11,13-14H2,1-2H3,(H2,25,26). The van der Waals surface area contributed by atoms with Crippen LogP contribution in [0.3, 0.4) is 0 Å². The predicted molar refractivity (Wildman–Crippen MR) is 119 cm³/mol. The summed E-state index contributed by atoms with van der Waals surface area (Å²) in [7, 11) is 0. The third-order valence-electron chi connectivity index (χ3n) is 6.57. The number of imidazole rings is 1. The van der Waals surface area contributed by atoms with Crippen LogP contribution in [0.1, 0.15) is 51.3 Å². The average Bonchev–Trinajstić information content (AvgIpc) is 3.27. The van der Waals surface area contributed by atoms with E-state index in [9.17, 15) is 5.11 Å². The number of rotatable bonds is 6. The predicted octanol–water partition coefficient (Wildman–Crippen LogP) is 3.80. The van der Waals surface area contributed by atoms with Crippen LogP contribution in [0.25, 0.3) is 16.8 Å². The number of ether oxygens (including phenoxy) is 2. The molecule has 3 aromatic rings. The molecule has 1 saturated carbocycles. The van der Waals surface area contributed by atoms with E-state index in [4.69, 9.17) is 20.2 Å². The fraction of sp³-hybridized carbons (Fsp3) is 0.500. The Labute approximate surface area is 182 Å². The summed E-state index contributed by atoms with van der Waals surface area (Å²) in [4.78, 5) is 9.28. The van der Waals surface area contributed by atoms with Gasteiger partial charge in [0.15, 0.2) is 0 Å². The molecule has 7 heteroatoms. The molecule has 0 spiro atoms. The van der Waals surface area contributed by atoms with Crippen molar-refractivity contribution in [1.82, 2.24) is 14.4 Å². The van der Waals surface area contributed by atoms with Crippen LogP contribution in [0.2, 0.25) is 0 Å². The molecule has 1 saturated heterocycles. The maximum absolute atomic E-state index is 9.40. The number of aromatic nitrogens is 3.